The molecule has 0 spiro atoms. The molecule has 0 saturated heterocycles. The fourth-order valence-corrected chi connectivity index (χ4v) is 2.04. The van der Waals surface area contributed by atoms with E-state index in [1.807, 2.05) is 0 Å². The van der Waals surface area contributed by atoms with Gasteiger partial charge in [-0.2, -0.15) is 0 Å². The van der Waals surface area contributed by atoms with Crippen LogP contribution in [0, 0.1) is 0 Å². The second kappa shape index (κ2) is 6.76. The first-order valence-corrected chi connectivity index (χ1v) is 6.79. The number of para-hydroxylation sites is 2. The molecule has 2 rings (SSSR count). The fourth-order valence-electron chi connectivity index (χ4n) is 2.04. The van der Waals surface area contributed by atoms with Gasteiger partial charge in [0.1, 0.15) is 5.75 Å². The lowest BCUT2D eigenvalue weighted by Crippen LogP contribution is -2.24. The number of carbonyl (C=O) groups is 2. The molecule has 0 unspecified atom stereocenters. The van der Waals surface area contributed by atoms with Crippen LogP contribution in [0.4, 0.5) is 5.69 Å². The fraction of sp³-hybridized carbons (Fsp3) is 0.176. The molecule has 22 heavy (non-hydrogen) atoms. The molecule has 0 aliphatic carbocycles. The summed E-state index contributed by atoms with van der Waals surface area (Å²) < 4.78 is 5.18. The van der Waals surface area contributed by atoms with Gasteiger partial charge in [0.2, 0.25) is 0 Å². The molecule has 0 bridgehead atoms. The quantitative estimate of drug-likeness (QED) is 0.944. The Bertz CT molecular complexity index is 696. The molecule has 0 atom stereocenters. The first kappa shape index (κ1) is 15.6. The first-order valence-electron chi connectivity index (χ1n) is 6.79. The molecule has 2 aromatic carbocycles. The third kappa shape index (κ3) is 3.25. The van der Waals surface area contributed by atoms with E-state index in [1.165, 1.54) is 12.0 Å². The maximum Gasteiger partial charge on any atom is 0.259 e. The molecule has 0 aromatic heterocycles. The Balaban J connectivity index is 2.31. The van der Waals surface area contributed by atoms with Crippen LogP contribution in [-0.4, -0.2) is 37.9 Å². The lowest BCUT2D eigenvalue weighted by atomic mass is 10.1. The van der Waals surface area contributed by atoms with E-state index in [-0.39, 0.29) is 11.8 Å². The van der Waals surface area contributed by atoms with E-state index in [1.54, 1.807) is 62.6 Å². The van der Waals surface area contributed by atoms with Crippen molar-refractivity contribution in [2.45, 2.75) is 0 Å². The number of hydrogen-bond donors (Lipinski definition) is 1. The summed E-state index contributed by atoms with van der Waals surface area (Å²) in [6.45, 7) is 0. The monoisotopic (exact) mass is 298 g/mol. The molecule has 1 N–H and O–H groups in total. The average Bonchev–Trinajstić information content (AvgIpc) is 2.54. The van der Waals surface area contributed by atoms with Gasteiger partial charge in [-0.3, -0.25) is 9.59 Å². The van der Waals surface area contributed by atoms with Crippen LogP contribution < -0.4 is 10.1 Å². The summed E-state index contributed by atoms with van der Waals surface area (Å²) in [5.74, 6) is -0.0104. The van der Waals surface area contributed by atoms with Gasteiger partial charge in [0.05, 0.1) is 23.9 Å². The van der Waals surface area contributed by atoms with Gasteiger partial charge in [0, 0.05) is 14.1 Å². The van der Waals surface area contributed by atoms with E-state index >= 15 is 0 Å². The Morgan fingerprint density at radius 1 is 0.955 bits per heavy atom. The van der Waals surface area contributed by atoms with Crippen LogP contribution in [0.1, 0.15) is 20.7 Å². The number of ether oxygens (including phenoxy) is 1. The molecule has 2 amide bonds. The zero-order valence-corrected chi connectivity index (χ0v) is 12.8. The van der Waals surface area contributed by atoms with Crippen LogP contribution in [0.25, 0.3) is 0 Å². The van der Waals surface area contributed by atoms with Crippen LogP contribution in [0.2, 0.25) is 0 Å². The third-order valence-corrected chi connectivity index (χ3v) is 3.16. The lowest BCUT2D eigenvalue weighted by molar-refractivity contribution is 0.0828. The zero-order chi connectivity index (χ0) is 16.1. The maximum atomic E-state index is 12.4. The van der Waals surface area contributed by atoms with Crippen molar-refractivity contribution in [2.24, 2.45) is 0 Å². The minimum absolute atomic E-state index is 0.170. The Morgan fingerprint density at radius 2 is 1.55 bits per heavy atom. The molecule has 0 aliphatic rings. The second-order valence-electron chi connectivity index (χ2n) is 4.90. The van der Waals surface area contributed by atoms with Crippen LogP contribution >= 0.6 is 0 Å². The van der Waals surface area contributed by atoms with E-state index in [4.69, 9.17) is 4.74 Å². The minimum atomic E-state index is -0.323. The summed E-state index contributed by atoms with van der Waals surface area (Å²) in [6.07, 6.45) is 0. The van der Waals surface area contributed by atoms with Gasteiger partial charge in [-0.1, -0.05) is 24.3 Å². The second-order valence-corrected chi connectivity index (χ2v) is 4.90. The molecule has 5 heteroatoms. The standard InChI is InChI=1S/C17H18N2O3/c1-19(2)17(21)12-8-4-6-10-14(12)18-16(20)13-9-5-7-11-15(13)22-3/h4-11H,1-3H3,(H,18,20). The molecule has 114 valence electrons. The number of carbonyl (C=O) groups excluding carboxylic acids is 2. The molecule has 2 aromatic rings. The number of hydrogen-bond acceptors (Lipinski definition) is 3. The number of anilines is 1. The summed E-state index contributed by atoms with van der Waals surface area (Å²) >= 11 is 0. The summed E-state index contributed by atoms with van der Waals surface area (Å²) in [4.78, 5) is 26.0. The van der Waals surface area contributed by atoms with Gasteiger partial charge >= 0.3 is 0 Å². The van der Waals surface area contributed by atoms with E-state index < -0.39 is 0 Å². The molecular weight excluding hydrogens is 280 g/mol. The number of methoxy groups -OCH3 is 1. The average molecular weight is 298 g/mol. The van der Waals surface area contributed by atoms with Crippen LogP contribution in [0.5, 0.6) is 5.75 Å². The number of nitrogens with one attached hydrogen (secondary N) is 1. The van der Waals surface area contributed by atoms with Gasteiger partial charge in [-0.25, -0.2) is 0 Å². The number of rotatable bonds is 4. The topological polar surface area (TPSA) is 58.6 Å². The van der Waals surface area contributed by atoms with Crippen molar-refractivity contribution >= 4 is 17.5 Å². The number of nitrogens with zero attached hydrogens (tertiary/aromatic N) is 1. The van der Waals surface area contributed by atoms with Gasteiger partial charge in [-0.15, -0.1) is 0 Å². The molecule has 0 aliphatic heterocycles. The first-order chi connectivity index (χ1) is 10.5. The van der Waals surface area contributed by atoms with Gasteiger partial charge in [-0.05, 0) is 24.3 Å². The molecular formula is C17H18N2O3. The van der Waals surface area contributed by atoms with Crippen molar-refractivity contribution in [3.8, 4) is 5.75 Å². The predicted molar refractivity (Wildman–Crippen MR) is 85.4 cm³/mol. The Morgan fingerprint density at radius 3 is 2.18 bits per heavy atom. The van der Waals surface area contributed by atoms with Crippen molar-refractivity contribution < 1.29 is 14.3 Å². The maximum absolute atomic E-state index is 12.4. The smallest absolute Gasteiger partial charge is 0.259 e. The third-order valence-electron chi connectivity index (χ3n) is 3.16. The zero-order valence-electron chi connectivity index (χ0n) is 12.8. The minimum Gasteiger partial charge on any atom is -0.496 e. The van der Waals surface area contributed by atoms with Crippen LogP contribution in [0.15, 0.2) is 48.5 Å². The normalized spacial score (nSPS) is 9.95. The van der Waals surface area contributed by atoms with Crippen molar-refractivity contribution in [2.75, 3.05) is 26.5 Å². The van der Waals surface area contributed by atoms with E-state index in [0.29, 0.717) is 22.6 Å². The highest BCUT2D eigenvalue weighted by atomic mass is 16.5. The Kier molecular flexibility index (Phi) is 4.78. The molecule has 0 saturated carbocycles. The molecule has 0 radical (unpaired) electrons. The molecule has 0 fully saturated rings. The largest absolute Gasteiger partial charge is 0.496 e. The van der Waals surface area contributed by atoms with Gasteiger partial charge in [0.15, 0.2) is 0 Å². The molecule has 5 nitrogen and oxygen atoms in total. The summed E-state index contributed by atoms with van der Waals surface area (Å²) in [5, 5.41) is 2.77. The predicted octanol–water partition coefficient (Wildman–Crippen LogP) is 2.65. The molecule has 0 heterocycles. The van der Waals surface area contributed by atoms with Crippen molar-refractivity contribution in [3.05, 3.63) is 59.7 Å². The van der Waals surface area contributed by atoms with Gasteiger partial charge in [0.25, 0.3) is 11.8 Å². The van der Waals surface area contributed by atoms with Gasteiger partial charge < -0.3 is 15.0 Å². The highest BCUT2D eigenvalue weighted by Gasteiger charge is 2.17. The summed E-state index contributed by atoms with van der Waals surface area (Å²) in [5.41, 5.74) is 1.32. The van der Waals surface area contributed by atoms with Crippen molar-refractivity contribution in [1.82, 2.24) is 4.90 Å². The van der Waals surface area contributed by atoms with E-state index in [0.717, 1.165) is 0 Å². The highest BCUT2D eigenvalue weighted by molar-refractivity contribution is 6.10. The van der Waals surface area contributed by atoms with Crippen LogP contribution in [-0.2, 0) is 0 Å². The van der Waals surface area contributed by atoms with Crippen molar-refractivity contribution in [3.63, 3.8) is 0 Å². The Labute approximate surface area is 129 Å². The van der Waals surface area contributed by atoms with E-state index in [9.17, 15) is 9.59 Å². The SMILES string of the molecule is COc1ccccc1C(=O)Nc1ccccc1C(=O)N(C)C. The van der Waals surface area contributed by atoms with Crippen LogP contribution in [0.3, 0.4) is 0 Å². The number of benzene rings is 2. The summed E-state index contributed by atoms with van der Waals surface area (Å²) in [6, 6.07) is 13.8. The van der Waals surface area contributed by atoms with E-state index in [2.05, 4.69) is 5.32 Å². The summed E-state index contributed by atoms with van der Waals surface area (Å²) in [7, 11) is 4.85. The Hall–Kier alpha value is -2.82. The number of amides is 2. The highest BCUT2D eigenvalue weighted by Crippen LogP contribution is 2.21. The van der Waals surface area contributed by atoms with Crippen molar-refractivity contribution in [1.29, 1.82) is 0 Å². The lowest BCUT2D eigenvalue weighted by Gasteiger charge is -2.15.